The van der Waals surface area contributed by atoms with Gasteiger partial charge in [0.05, 0.1) is 24.4 Å². The summed E-state index contributed by atoms with van der Waals surface area (Å²) in [5.41, 5.74) is 1.76. The zero-order valence-corrected chi connectivity index (χ0v) is 13.3. The van der Waals surface area contributed by atoms with Crippen LogP contribution in [0.5, 0.6) is 11.5 Å². The van der Waals surface area contributed by atoms with E-state index in [0.717, 1.165) is 5.56 Å². The van der Waals surface area contributed by atoms with Crippen LogP contribution in [0.3, 0.4) is 0 Å². The van der Waals surface area contributed by atoms with E-state index in [1.165, 1.54) is 7.11 Å². The number of methoxy groups -OCH3 is 1. The first kappa shape index (κ1) is 15.5. The Balaban J connectivity index is 2.06. The van der Waals surface area contributed by atoms with Crippen LogP contribution in [0.2, 0.25) is 5.02 Å². The normalized spacial score (nSPS) is 13.2. The number of aromatic carboxylic acids is 1. The molecule has 0 radical (unpaired) electrons. The average Bonchev–Trinajstić information content (AvgIpc) is 2.55. The fourth-order valence-electron chi connectivity index (χ4n) is 2.72. The Bertz CT molecular complexity index is 733. The first-order valence-corrected chi connectivity index (χ1v) is 7.55. The van der Waals surface area contributed by atoms with Gasteiger partial charge < -0.3 is 19.5 Å². The van der Waals surface area contributed by atoms with E-state index in [4.69, 9.17) is 21.1 Å². The number of halogens is 1. The minimum Gasteiger partial charge on any atom is -0.494 e. The highest BCUT2D eigenvalue weighted by Crippen LogP contribution is 2.45. The van der Waals surface area contributed by atoms with Crippen molar-refractivity contribution in [3.63, 3.8) is 0 Å². The number of anilines is 1. The highest BCUT2D eigenvalue weighted by atomic mass is 35.5. The van der Waals surface area contributed by atoms with Gasteiger partial charge >= 0.3 is 5.97 Å². The number of hydrogen-bond acceptors (Lipinski definition) is 4. The summed E-state index contributed by atoms with van der Waals surface area (Å²) in [6, 6.07) is 11.7. The van der Waals surface area contributed by atoms with Crippen LogP contribution >= 0.6 is 11.6 Å². The van der Waals surface area contributed by atoms with Crippen molar-refractivity contribution in [1.29, 1.82) is 0 Å². The highest BCUT2D eigenvalue weighted by Gasteiger charge is 2.29. The Morgan fingerprint density at radius 3 is 2.78 bits per heavy atom. The summed E-state index contributed by atoms with van der Waals surface area (Å²) in [6.45, 7) is 1.72. The molecule has 0 amide bonds. The van der Waals surface area contributed by atoms with E-state index >= 15 is 0 Å². The Morgan fingerprint density at radius 2 is 2.13 bits per heavy atom. The summed E-state index contributed by atoms with van der Waals surface area (Å²) in [7, 11) is 1.39. The smallest absolute Gasteiger partial charge is 0.343 e. The Kier molecular flexibility index (Phi) is 4.30. The predicted octanol–water partition coefficient (Wildman–Crippen LogP) is 3.45. The van der Waals surface area contributed by atoms with Crippen LogP contribution < -0.4 is 14.4 Å². The number of carbonyl (C=O) groups is 1. The van der Waals surface area contributed by atoms with Gasteiger partial charge in [0.2, 0.25) is 0 Å². The molecule has 1 N–H and O–H groups in total. The second kappa shape index (κ2) is 6.38. The molecule has 0 fully saturated rings. The van der Waals surface area contributed by atoms with Crippen LogP contribution in [-0.2, 0) is 6.54 Å². The largest absolute Gasteiger partial charge is 0.494 e. The molecule has 0 saturated carbocycles. The van der Waals surface area contributed by atoms with Gasteiger partial charge in [-0.05, 0) is 11.6 Å². The molecule has 0 saturated heterocycles. The molecular formula is C17H16ClNO4. The lowest BCUT2D eigenvalue weighted by atomic mass is 10.1. The predicted molar refractivity (Wildman–Crippen MR) is 88.0 cm³/mol. The summed E-state index contributed by atoms with van der Waals surface area (Å²) < 4.78 is 10.8. The number of ether oxygens (including phenoxy) is 2. The van der Waals surface area contributed by atoms with Crippen molar-refractivity contribution in [2.75, 3.05) is 25.2 Å². The van der Waals surface area contributed by atoms with Crippen molar-refractivity contribution >= 4 is 23.3 Å². The van der Waals surface area contributed by atoms with Crippen LogP contribution in [0.25, 0.3) is 0 Å². The number of nitrogens with zero attached hydrogens (tertiary/aromatic N) is 1. The molecule has 0 aliphatic carbocycles. The van der Waals surface area contributed by atoms with Crippen LogP contribution in [0.1, 0.15) is 15.9 Å². The van der Waals surface area contributed by atoms with Gasteiger partial charge in [0.25, 0.3) is 0 Å². The molecule has 0 spiro atoms. The summed E-state index contributed by atoms with van der Waals surface area (Å²) >= 11 is 6.21. The summed E-state index contributed by atoms with van der Waals surface area (Å²) in [5.74, 6) is -0.692. The molecule has 120 valence electrons. The quantitative estimate of drug-likeness (QED) is 0.928. The fourth-order valence-corrected chi connectivity index (χ4v) is 3.00. The molecule has 0 aromatic heterocycles. The molecule has 2 aromatic rings. The van der Waals surface area contributed by atoms with Gasteiger partial charge in [0.15, 0.2) is 11.5 Å². The average molecular weight is 334 g/mol. The van der Waals surface area contributed by atoms with Crippen LogP contribution in [0.15, 0.2) is 36.4 Å². The van der Waals surface area contributed by atoms with Gasteiger partial charge in [-0.1, -0.05) is 41.9 Å². The standard InChI is InChI=1S/C17H16ClNO4/c1-22-15-12(18)9-13-16(14(15)17(20)21)23-8-7-19(13)10-11-5-3-2-4-6-11/h2-6,9H,7-8,10H2,1H3,(H,20,21). The first-order chi connectivity index (χ1) is 11.1. The third kappa shape index (κ3) is 2.92. The minimum absolute atomic E-state index is 0.0345. The molecule has 1 aliphatic heterocycles. The van der Waals surface area contributed by atoms with E-state index in [1.807, 2.05) is 30.3 Å². The van der Waals surface area contributed by atoms with E-state index in [-0.39, 0.29) is 16.3 Å². The molecule has 1 heterocycles. The maximum absolute atomic E-state index is 11.6. The number of carboxylic acid groups (broad SMARTS) is 1. The minimum atomic E-state index is -1.12. The highest BCUT2D eigenvalue weighted by molar-refractivity contribution is 6.33. The van der Waals surface area contributed by atoms with Crippen LogP contribution in [0.4, 0.5) is 5.69 Å². The lowest BCUT2D eigenvalue weighted by Gasteiger charge is -2.32. The van der Waals surface area contributed by atoms with E-state index in [2.05, 4.69) is 4.90 Å². The SMILES string of the molecule is COc1c(Cl)cc2c(c1C(=O)O)OCCN2Cc1ccccc1. The summed E-state index contributed by atoms with van der Waals surface area (Å²) in [4.78, 5) is 13.7. The number of rotatable bonds is 4. The van der Waals surface area contributed by atoms with Gasteiger partial charge in [-0.15, -0.1) is 0 Å². The maximum atomic E-state index is 11.6. The Labute approximate surface area is 139 Å². The van der Waals surface area contributed by atoms with Crippen molar-refractivity contribution in [3.05, 3.63) is 52.5 Å². The Hall–Kier alpha value is -2.40. The summed E-state index contributed by atoms with van der Waals surface area (Å²) in [6.07, 6.45) is 0. The number of hydrogen-bond donors (Lipinski definition) is 1. The van der Waals surface area contributed by atoms with E-state index in [9.17, 15) is 9.90 Å². The number of benzene rings is 2. The monoisotopic (exact) mass is 333 g/mol. The Morgan fingerprint density at radius 1 is 1.39 bits per heavy atom. The maximum Gasteiger partial charge on any atom is 0.343 e. The van der Waals surface area contributed by atoms with Crippen molar-refractivity contribution < 1.29 is 19.4 Å². The molecule has 0 bridgehead atoms. The van der Waals surface area contributed by atoms with Gasteiger partial charge in [0.1, 0.15) is 12.2 Å². The molecular weight excluding hydrogens is 318 g/mol. The zero-order chi connectivity index (χ0) is 16.4. The fraction of sp³-hybridized carbons (Fsp3) is 0.235. The summed E-state index contributed by atoms with van der Waals surface area (Å²) in [5, 5.41) is 9.77. The first-order valence-electron chi connectivity index (χ1n) is 7.17. The molecule has 1 aliphatic rings. The third-order valence-corrected chi connectivity index (χ3v) is 4.03. The van der Waals surface area contributed by atoms with Crippen LogP contribution in [0, 0.1) is 0 Å². The zero-order valence-electron chi connectivity index (χ0n) is 12.6. The van der Waals surface area contributed by atoms with Crippen molar-refractivity contribution in [2.45, 2.75) is 6.54 Å². The van der Waals surface area contributed by atoms with E-state index in [1.54, 1.807) is 6.07 Å². The molecule has 6 heteroatoms. The van der Waals surface area contributed by atoms with Gasteiger partial charge in [-0.3, -0.25) is 0 Å². The van der Waals surface area contributed by atoms with Gasteiger partial charge in [-0.25, -0.2) is 4.79 Å². The molecule has 2 aromatic carbocycles. The van der Waals surface area contributed by atoms with Crippen LogP contribution in [-0.4, -0.2) is 31.3 Å². The van der Waals surface area contributed by atoms with Gasteiger partial charge in [-0.2, -0.15) is 0 Å². The number of fused-ring (bicyclic) bond motifs is 1. The van der Waals surface area contributed by atoms with Crippen molar-refractivity contribution in [1.82, 2.24) is 0 Å². The molecule has 23 heavy (non-hydrogen) atoms. The lowest BCUT2D eigenvalue weighted by Crippen LogP contribution is -2.33. The second-order valence-corrected chi connectivity index (χ2v) is 5.58. The third-order valence-electron chi connectivity index (χ3n) is 3.75. The van der Waals surface area contributed by atoms with Crippen molar-refractivity contribution in [2.24, 2.45) is 0 Å². The molecule has 0 atom stereocenters. The molecule has 5 nitrogen and oxygen atoms in total. The van der Waals surface area contributed by atoms with E-state index in [0.29, 0.717) is 31.1 Å². The molecule has 3 rings (SSSR count). The van der Waals surface area contributed by atoms with Crippen molar-refractivity contribution in [3.8, 4) is 11.5 Å². The lowest BCUT2D eigenvalue weighted by molar-refractivity contribution is 0.0688. The second-order valence-electron chi connectivity index (χ2n) is 5.18. The molecule has 0 unspecified atom stereocenters. The topological polar surface area (TPSA) is 59.0 Å². The van der Waals surface area contributed by atoms with E-state index < -0.39 is 5.97 Å². The number of carboxylic acids is 1. The van der Waals surface area contributed by atoms with Gasteiger partial charge in [0, 0.05) is 6.54 Å².